The van der Waals surface area contributed by atoms with E-state index in [1.165, 1.54) is 32.1 Å². The highest BCUT2D eigenvalue weighted by Gasteiger charge is 2.26. The first-order valence-corrected chi connectivity index (χ1v) is 7.67. The standard InChI is InChI=1S/C14H21N5O2/c20-13(11-6-4-2-1-3-5-7-11)14-16-12(17-21-14)10-19-9-8-15-18-19/h8-9,11,13,20H,1-7,10H2. The maximum Gasteiger partial charge on any atom is 0.255 e. The highest BCUT2D eigenvalue weighted by atomic mass is 16.5. The topological polar surface area (TPSA) is 89.9 Å². The Morgan fingerprint density at radius 3 is 2.71 bits per heavy atom. The minimum atomic E-state index is -0.653. The molecule has 1 aliphatic carbocycles. The maximum absolute atomic E-state index is 10.5. The highest BCUT2D eigenvalue weighted by Crippen LogP contribution is 2.32. The van der Waals surface area contributed by atoms with Crippen LogP contribution in [-0.2, 0) is 6.54 Å². The second-order valence-corrected chi connectivity index (χ2v) is 5.70. The Morgan fingerprint density at radius 1 is 1.24 bits per heavy atom. The van der Waals surface area contributed by atoms with Gasteiger partial charge in [0.1, 0.15) is 12.6 Å². The Bertz CT molecular complexity index is 531. The average Bonchev–Trinajstić information content (AvgIpc) is 3.10. The van der Waals surface area contributed by atoms with Crippen molar-refractivity contribution >= 4 is 0 Å². The number of hydrogen-bond acceptors (Lipinski definition) is 6. The lowest BCUT2D eigenvalue weighted by atomic mass is 9.87. The largest absolute Gasteiger partial charge is 0.383 e. The summed E-state index contributed by atoms with van der Waals surface area (Å²) in [5, 5.41) is 22.0. The van der Waals surface area contributed by atoms with E-state index in [0.29, 0.717) is 18.3 Å². The molecule has 1 unspecified atom stereocenters. The molecule has 3 rings (SSSR count). The molecule has 114 valence electrons. The number of aliphatic hydroxyl groups is 1. The number of rotatable bonds is 4. The molecule has 7 nitrogen and oxygen atoms in total. The van der Waals surface area contributed by atoms with Gasteiger partial charge in [0, 0.05) is 6.20 Å². The van der Waals surface area contributed by atoms with Crippen molar-refractivity contribution in [3.05, 3.63) is 24.1 Å². The average molecular weight is 291 g/mol. The highest BCUT2D eigenvalue weighted by molar-refractivity contribution is 4.93. The summed E-state index contributed by atoms with van der Waals surface area (Å²) in [6.07, 6.45) is 10.9. The number of hydrogen-bond donors (Lipinski definition) is 1. The van der Waals surface area contributed by atoms with Crippen LogP contribution in [0.1, 0.15) is 62.8 Å². The number of nitrogens with zero attached hydrogens (tertiary/aromatic N) is 5. The van der Waals surface area contributed by atoms with Crippen LogP contribution >= 0.6 is 0 Å². The molecule has 0 aliphatic heterocycles. The number of aliphatic hydroxyl groups excluding tert-OH is 1. The van der Waals surface area contributed by atoms with Crippen molar-refractivity contribution in [1.29, 1.82) is 0 Å². The smallest absolute Gasteiger partial charge is 0.255 e. The van der Waals surface area contributed by atoms with Gasteiger partial charge >= 0.3 is 0 Å². The summed E-state index contributed by atoms with van der Waals surface area (Å²) in [5.41, 5.74) is 0. The lowest BCUT2D eigenvalue weighted by Crippen LogP contribution is -2.15. The first-order valence-electron chi connectivity index (χ1n) is 7.67. The predicted molar refractivity (Wildman–Crippen MR) is 74.2 cm³/mol. The summed E-state index contributed by atoms with van der Waals surface area (Å²) >= 11 is 0. The Kier molecular flexibility index (Phi) is 4.59. The van der Waals surface area contributed by atoms with Crippen LogP contribution in [0, 0.1) is 5.92 Å². The van der Waals surface area contributed by atoms with Gasteiger partial charge in [0.2, 0.25) is 0 Å². The van der Waals surface area contributed by atoms with Crippen molar-refractivity contribution in [1.82, 2.24) is 25.1 Å². The normalized spacial score (nSPS) is 19.1. The van der Waals surface area contributed by atoms with Crippen LogP contribution in [0.2, 0.25) is 0 Å². The van der Waals surface area contributed by atoms with Crippen LogP contribution < -0.4 is 0 Å². The van der Waals surface area contributed by atoms with Crippen molar-refractivity contribution in [2.45, 2.75) is 57.6 Å². The zero-order valence-corrected chi connectivity index (χ0v) is 12.1. The van der Waals surface area contributed by atoms with Gasteiger partial charge in [-0.25, -0.2) is 4.68 Å². The Labute approximate surface area is 123 Å². The summed E-state index contributed by atoms with van der Waals surface area (Å²) in [7, 11) is 0. The minimum absolute atomic E-state index is 0.227. The molecule has 7 heteroatoms. The Balaban J connectivity index is 1.63. The van der Waals surface area contributed by atoms with Gasteiger partial charge in [0.05, 0.1) is 6.20 Å². The SMILES string of the molecule is OC(c1nc(Cn2ccnn2)no1)C1CCCCCCC1. The first kappa shape index (κ1) is 14.2. The van der Waals surface area contributed by atoms with Gasteiger partial charge in [0.15, 0.2) is 5.82 Å². The van der Waals surface area contributed by atoms with E-state index in [1.807, 2.05) is 0 Å². The fraction of sp³-hybridized carbons (Fsp3) is 0.714. The van der Waals surface area contributed by atoms with Gasteiger partial charge in [0.25, 0.3) is 5.89 Å². The molecule has 2 aromatic heterocycles. The zero-order chi connectivity index (χ0) is 14.5. The molecular weight excluding hydrogens is 270 g/mol. The molecule has 2 aromatic rings. The van der Waals surface area contributed by atoms with Crippen LogP contribution in [0.3, 0.4) is 0 Å². The Morgan fingerprint density at radius 2 is 2.00 bits per heavy atom. The van der Waals surface area contributed by atoms with Crippen LogP contribution in [-0.4, -0.2) is 30.2 Å². The van der Waals surface area contributed by atoms with E-state index in [1.54, 1.807) is 17.1 Å². The van der Waals surface area contributed by atoms with Crippen molar-refractivity contribution in [2.75, 3.05) is 0 Å². The molecule has 1 N–H and O–H groups in total. The van der Waals surface area contributed by atoms with Gasteiger partial charge in [-0.15, -0.1) is 5.10 Å². The van der Waals surface area contributed by atoms with E-state index in [4.69, 9.17) is 4.52 Å². The van der Waals surface area contributed by atoms with Crippen molar-refractivity contribution in [2.24, 2.45) is 5.92 Å². The van der Waals surface area contributed by atoms with Gasteiger partial charge in [-0.1, -0.05) is 42.5 Å². The molecule has 21 heavy (non-hydrogen) atoms. The molecule has 0 radical (unpaired) electrons. The molecule has 0 spiro atoms. The summed E-state index contributed by atoms with van der Waals surface area (Å²) in [6, 6.07) is 0. The maximum atomic E-state index is 10.5. The second-order valence-electron chi connectivity index (χ2n) is 5.70. The molecule has 0 bridgehead atoms. The monoisotopic (exact) mass is 291 g/mol. The molecule has 0 aromatic carbocycles. The fourth-order valence-electron chi connectivity index (χ4n) is 2.92. The number of aromatic nitrogens is 5. The van der Waals surface area contributed by atoms with Crippen molar-refractivity contribution in [3.8, 4) is 0 Å². The van der Waals surface area contributed by atoms with Crippen LogP contribution in [0.5, 0.6) is 0 Å². The van der Waals surface area contributed by atoms with E-state index >= 15 is 0 Å². The van der Waals surface area contributed by atoms with Crippen molar-refractivity contribution < 1.29 is 9.63 Å². The molecular formula is C14H21N5O2. The summed E-state index contributed by atoms with van der Waals surface area (Å²) < 4.78 is 6.85. The van der Waals surface area contributed by atoms with Crippen LogP contribution in [0.25, 0.3) is 0 Å². The van der Waals surface area contributed by atoms with Gasteiger partial charge in [-0.05, 0) is 18.8 Å². The van der Waals surface area contributed by atoms with Crippen molar-refractivity contribution in [3.63, 3.8) is 0 Å². The molecule has 1 atom stereocenters. The fourth-order valence-corrected chi connectivity index (χ4v) is 2.92. The van der Waals surface area contributed by atoms with E-state index in [-0.39, 0.29) is 5.92 Å². The third kappa shape index (κ3) is 3.66. The summed E-state index contributed by atoms with van der Waals surface area (Å²) in [5.74, 6) is 1.07. The van der Waals surface area contributed by atoms with Crippen LogP contribution in [0.15, 0.2) is 16.9 Å². The van der Waals surface area contributed by atoms with E-state index < -0.39 is 6.10 Å². The molecule has 0 amide bonds. The quantitative estimate of drug-likeness (QED) is 0.927. The third-order valence-corrected chi connectivity index (χ3v) is 4.11. The van der Waals surface area contributed by atoms with Crippen LogP contribution in [0.4, 0.5) is 0 Å². The van der Waals surface area contributed by atoms with Gasteiger partial charge < -0.3 is 9.63 Å². The van der Waals surface area contributed by atoms with E-state index in [2.05, 4.69) is 20.5 Å². The van der Waals surface area contributed by atoms with E-state index in [9.17, 15) is 5.11 Å². The lowest BCUT2D eigenvalue weighted by molar-refractivity contribution is 0.0605. The second kappa shape index (κ2) is 6.80. The summed E-state index contributed by atoms with van der Waals surface area (Å²) in [6.45, 7) is 0.404. The molecule has 1 aliphatic rings. The third-order valence-electron chi connectivity index (χ3n) is 4.11. The summed E-state index contributed by atoms with van der Waals surface area (Å²) in [4.78, 5) is 4.30. The molecule has 0 saturated heterocycles. The van der Waals surface area contributed by atoms with Gasteiger partial charge in [-0.2, -0.15) is 4.98 Å². The lowest BCUT2D eigenvalue weighted by Gasteiger charge is -2.22. The zero-order valence-electron chi connectivity index (χ0n) is 12.1. The predicted octanol–water partition coefficient (Wildman–Crippen LogP) is 2.10. The molecule has 2 heterocycles. The Hall–Kier alpha value is -1.76. The molecule has 1 saturated carbocycles. The molecule has 1 fully saturated rings. The first-order chi connectivity index (χ1) is 10.3. The van der Waals surface area contributed by atoms with Gasteiger partial charge in [-0.3, -0.25) is 0 Å². The van der Waals surface area contributed by atoms with E-state index in [0.717, 1.165) is 12.8 Å². The minimum Gasteiger partial charge on any atom is -0.383 e.